The molecule has 0 amide bonds. The van der Waals surface area contributed by atoms with Gasteiger partial charge in [-0.2, -0.15) is 0 Å². The first-order valence-electron chi connectivity index (χ1n) is 5.71. The van der Waals surface area contributed by atoms with Gasteiger partial charge >= 0.3 is 0 Å². The molecule has 0 saturated heterocycles. The van der Waals surface area contributed by atoms with E-state index in [1.807, 2.05) is 13.0 Å². The van der Waals surface area contributed by atoms with E-state index in [-0.39, 0.29) is 10.9 Å². The fourth-order valence-electron chi connectivity index (χ4n) is 1.55. The van der Waals surface area contributed by atoms with Crippen molar-refractivity contribution in [1.82, 2.24) is 0 Å². The van der Waals surface area contributed by atoms with Crippen molar-refractivity contribution in [2.45, 2.75) is 30.7 Å². The fraction of sp³-hybridized carbons (Fsp3) is 0.385. The summed E-state index contributed by atoms with van der Waals surface area (Å²) < 4.78 is 22.9. The van der Waals surface area contributed by atoms with Crippen molar-refractivity contribution in [1.29, 1.82) is 0 Å². The van der Waals surface area contributed by atoms with Crippen LogP contribution in [-0.4, -0.2) is 20.7 Å². The summed E-state index contributed by atoms with van der Waals surface area (Å²) in [6.45, 7) is 5.69. The van der Waals surface area contributed by atoms with E-state index in [2.05, 4.69) is 11.9 Å². The zero-order valence-corrected chi connectivity index (χ0v) is 12.2. The first kappa shape index (κ1) is 15.1. The minimum absolute atomic E-state index is 0.204. The second-order valence-electron chi connectivity index (χ2n) is 4.33. The number of nitrogens with one attached hydrogen (secondary N) is 1. The van der Waals surface area contributed by atoms with Crippen molar-refractivity contribution < 1.29 is 8.42 Å². The molecule has 1 unspecified atom stereocenters. The van der Waals surface area contributed by atoms with Crippen LogP contribution < -0.4 is 5.32 Å². The summed E-state index contributed by atoms with van der Waals surface area (Å²) in [4.78, 5) is 0.269. The minimum Gasteiger partial charge on any atom is -0.381 e. The molecule has 0 aliphatic carbocycles. The van der Waals surface area contributed by atoms with Crippen LogP contribution in [0.3, 0.4) is 0 Å². The van der Waals surface area contributed by atoms with Crippen LogP contribution in [0.1, 0.15) is 19.8 Å². The third kappa shape index (κ3) is 4.35. The molecule has 5 heteroatoms. The summed E-state index contributed by atoms with van der Waals surface area (Å²) in [6, 6.07) is 4.88. The molecule has 1 N–H and O–H groups in total. The van der Waals surface area contributed by atoms with Crippen LogP contribution in [0.5, 0.6) is 0 Å². The molecule has 0 radical (unpaired) electrons. The van der Waals surface area contributed by atoms with E-state index in [0.717, 1.165) is 12.8 Å². The topological polar surface area (TPSA) is 46.2 Å². The van der Waals surface area contributed by atoms with E-state index >= 15 is 0 Å². The van der Waals surface area contributed by atoms with Crippen LogP contribution in [0.25, 0.3) is 0 Å². The van der Waals surface area contributed by atoms with Gasteiger partial charge < -0.3 is 5.32 Å². The molecule has 0 saturated carbocycles. The van der Waals surface area contributed by atoms with E-state index in [9.17, 15) is 8.42 Å². The lowest BCUT2D eigenvalue weighted by molar-refractivity contribution is 0.602. The molecule has 0 heterocycles. The van der Waals surface area contributed by atoms with Crippen molar-refractivity contribution in [2.24, 2.45) is 0 Å². The number of allylic oxidation sites excluding steroid dienone is 1. The average molecular weight is 288 g/mol. The Kier molecular flexibility index (Phi) is 5.23. The molecular weight excluding hydrogens is 270 g/mol. The number of halogens is 1. The van der Waals surface area contributed by atoms with Crippen LogP contribution in [0.2, 0.25) is 5.02 Å². The molecule has 0 bridgehead atoms. The van der Waals surface area contributed by atoms with E-state index in [1.165, 1.54) is 12.3 Å². The Morgan fingerprint density at radius 2 is 2.17 bits per heavy atom. The quantitative estimate of drug-likeness (QED) is 0.815. The summed E-state index contributed by atoms with van der Waals surface area (Å²) in [6.07, 6.45) is 4.86. The molecule has 1 aromatic carbocycles. The summed E-state index contributed by atoms with van der Waals surface area (Å²) in [5, 5.41) is 3.73. The van der Waals surface area contributed by atoms with Crippen molar-refractivity contribution in [3.8, 4) is 0 Å². The largest absolute Gasteiger partial charge is 0.381 e. The Bertz CT molecular complexity index is 526. The lowest BCUT2D eigenvalue weighted by Crippen LogP contribution is -2.15. The molecule has 0 fully saturated rings. The highest BCUT2D eigenvalue weighted by Crippen LogP contribution is 2.26. The molecule has 1 atom stereocenters. The van der Waals surface area contributed by atoms with Crippen molar-refractivity contribution in [3.63, 3.8) is 0 Å². The maximum atomic E-state index is 11.5. The maximum Gasteiger partial charge on any atom is 0.175 e. The normalized spacial score (nSPS) is 13.1. The Labute approximate surface area is 114 Å². The van der Waals surface area contributed by atoms with Crippen LogP contribution >= 0.6 is 11.6 Å². The minimum atomic E-state index is -3.21. The number of benzene rings is 1. The SMILES string of the molecule is C=CCCC(C)Nc1cc(S(C)(=O)=O)ccc1Cl. The van der Waals surface area contributed by atoms with Crippen LogP contribution in [0.15, 0.2) is 35.7 Å². The monoisotopic (exact) mass is 287 g/mol. The smallest absolute Gasteiger partial charge is 0.175 e. The van der Waals surface area contributed by atoms with E-state index < -0.39 is 9.84 Å². The molecular formula is C13H18ClNO2S. The number of anilines is 1. The Morgan fingerprint density at radius 1 is 1.50 bits per heavy atom. The van der Waals surface area contributed by atoms with Gasteiger partial charge in [-0.25, -0.2) is 8.42 Å². The summed E-state index contributed by atoms with van der Waals surface area (Å²) in [5.74, 6) is 0. The van der Waals surface area contributed by atoms with Gasteiger partial charge in [-0.1, -0.05) is 17.7 Å². The molecule has 3 nitrogen and oxygen atoms in total. The zero-order chi connectivity index (χ0) is 13.8. The molecule has 1 rings (SSSR count). The number of sulfone groups is 1. The lowest BCUT2D eigenvalue weighted by Gasteiger charge is -2.16. The summed E-state index contributed by atoms with van der Waals surface area (Å²) in [7, 11) is -3.21. The second-order valence-corrected chi connectivity index (χ2v) is 6.75. The van der Waals surface area contributed by atoms with Gasteiger partial charge in [0.15, 0.2) is 9.84 Å². The van der Waals surface area contributed by atoms with Gasteiger partial charge in [-0.15, -0.1) is 6.58 Å². The van der Waals surface area contributed by atoms with Gasteiger partial charge in [0.2, 0.25) is 0 Å². The van der Waals surface area contributed by atoms with Crippen LogP contribution in [-0.2, 0) is 9.84 Å². The standard InChI is InChI=1S/C13H18ClNO2S/c1-4-5-6-10(2)15-13-9-11(18(3,16)17)7-8-12(13)14/h4,7-10,15H,1,5-6H2,2-3H3. The maximum absolute atomic E-state index is 11.5. The molecule has 18 heavy (non-hydrogen) atoms. The second kappa shape index (κ2) is 6.25. The first-order chi connectivity index (χ1) is 8.34. The van der Waals surface area contributed by atoms with Gasteiger partial charge in [0.1, 0.15) is 0 Å². The fourth-order valence-corrected chi connectivity index (χ4v) is 2.37. The highest BCUT2D eigenvalue weighted by Gasteiger charge is 2.11. The predicted molar refractivity (Wildman–Crippen MR) is 77.1 cm³/mol. The molecule has 0 aliphatic heterocycles. The first-order valence-corrected chi connectivity index (χ1v) is 7.98. The number of hydrogen-bond donors (Lipinski definition) is 1. The van der Waals surface area contributed by atoms with Gasteiger partial charge in [0, 0.05) is 12.3 Å². The zero-order valence-electron chi connectivity index (χ0n) is 10.6. The van der Waals surface area contributed by atoms with Crippen LogP contribution in [0.4, 0.5) is 5.69 Å². The van der Waals surface area contributed by atoms with Gasteiger partial charge in [-0.05, 0) is 38.0 Å². The summed E-state index contributed by atoms with van der Waals surface area (Å²) in [5.41, 5.74) is 0.649. The molecule has 0 aliphatic rings. The predicted octanol–water partition coefficient (Wildman–Crippen LogP) is 3.51. The van der Waals surface area contributed by atoms with Gasteiger partial charge in [0.05, 0.1) is 15.6 Å². The highest BCUT2D eigenvalue weighted by atomic mass is 35.5. The van der Waals surface area contributed by atoms with Gasteiger partial charge in [-0.3, -0.25) is 0 Å². The molecule has 0 spiro atoms. The van der Waals surface area contributed by atoms with E-state index in [0.29, 0.717) is 10.7 Å². The number of hydrogen-bond acceptors (Lipinski definition) is 3. The highest BCUT2D eigenvalue weighted by molar-refractivity contribution is 7.90. The Hall–Kier alpha value is -1.00. The van der Waals surface area contributed by atoms with E-state index in [1.54, 1.807) is 12.1 Å². The molecule has 100 valence electrons. The lowest BCUT2D eigenvalue weighted by atomic mass is 10.1. The molecule has 1 aromatic rings. The van der Waals surface area contributed by atoms with Crippen LogP contribution in [0, 0.1) is 0 Å². The summed E-state index contributed by atoms with van der Waals surface area (Å²) >= 11 is 6.05. The number of rotatable bonds is 6. The van der Waals surface area contributed by atoms with Crippen molar-refractivity contribution in [3.05, 3.63) is 35.9 Å². The Morgan fingerprint density at radius 3 is 2.72 bits per heavy atom. The van der Waals surface area contributed by atoms with Crippen molar-refractivity contribution >= 4 is 27.1 Å². The average Bonchev–Trinajstić information content (AvgIpc) is 2.28. The third-order valence-corrected chi connectivity index (χ3v) is 4.01. The van der Waals surface area contributed by atoms with Gasteiger partial charge in [0.25, 0.3) is 0 Å². The molecule has 0 aromatic heterocycles. The Balaban J connectivity index is 2.91. The van der Waals surface area contributed by atoms with E-state index in [4.69, 9.17) is 11.6 Å². The third-order valence-electron chi connectivity index (χ3n) is 2.57. The van der Waals surface area contributed by atoms with Crippen molar-refractivity contribution in [2.75, 3.05) is 11.6 Å².